The van der Waals surface area contributed by atoms with Crippen LogP contribution in [0.3, 0.4) is 0 Å². The summed E-state index contributed by atoms with van der Waals surface area (Å²) in [6, 6.07) is 0.384. The summed E-state index contributed by atoms with van der Waals surface area (Å²) < 4.78 is 0. The third-order valence-corrected chi connectivity index (χ3v) is 4.88. The van der Waals surface area contributed by atoms with Crippen LogP contribution in [0.5, 0.6) is 0 Å². The molecule has 6 heteroatoms. The molecule has 1 heterocycles. The Balaban J connectivity index is 2.25. The first-order valence-electron chi connectivity index (χ1n) is 7.29. The van der Waals surface area contributed by atoms with Gasteiger partial charge in [-0.3, -0.25) is 4.79 Å². The van der Waals surface area contributed by atoms with Crippen LogP contribution in [0.4, 0.5) is 4.79 Å². The predicted molar refractivity (Wildman–Crippen MR) is 82.1 cm³/mol. The van der Waals surface area contributed by atoms with Crippen molar-refractivity contribution in [2.75, 3.05) is 18.1 Å². The van der Waals surface area contributed by atoms with E-state index in [1.807, 2.05) is 23.6 Å². The van der Waals surface area contributed by atoms with E-state index in [-0.39, 0.29) is 24.0 Å². The Bertz CT molecular complexity index is 338. The average Bonchev–Trinajstić information content (AvgIpc) is 2.38. The lowest BCUT2D eigenvalue weighted by Crippen LogP contribution is -2.51. The van der Waals surface area contributed by atoms with E-state index in [1.165, 1.54) is 0 Å². The van der Waals surface area contributed by atoms with Gasteiger partial charge in [0, 0.05) is 30.1 Å². The third-order valence-electron chi connectivity index (χ3n) is 3.69. The van der Waals surface area contributed by atoms with Crippen LogP contribution in [0.25, 0.3) is 0 Å². The third kappa shape index (κ3) is 5.61. The Labute approximate surface area is 125 Å². The van der Waals surface area contributed by atoms with Crippen LogP contribution < -0.4 is 5.32 Å². The van der Waals surface area contributed by atoms with Gasteiger partial charge in [-0.25, -0.2) is 4.79 Å². The van der Waals surface area contributed by atoms with Crippen molar-refractivity contribution >= 4 is 23.8 Å². The summed E-state index contributed by atoms with van der Waals surface area (Å²) in [7, 11) is 0. The molecule has 1 aliphatic rings. The molecule has 2 amide bonds. The maximum atomic E-state index is 12.1. The largest absolute Gasteiger partial charge is 0.481 e. The summed E-state index contributed by atoms with van der Waals surface area (Å²) in [5, 5.41) is 11.8. The maximum absolute atomic E-state index is 12.1. The summed E-state index contributed by atoms with van der Waals surface area (Å²) in [5.41, 5.74) is 0. The van der Waals surface area contributed by atoms with Gasteiger partial charge in [-0.1, -0.05) is 13.3 Å². The number of carbonyl (C=O) groups is 2. The normalized spacial score (nSPS) is 22.1. The Morgan fingerprint density at radius 1 is 1.40 bits per heavy atom. The van der Waals surface area contributed by atoms with Crippen molar-refractivity contribution in [3.05, 3.63) is 0 Å². The Kier molecular flexibility index (Phi) is 7.19. The van der Waals surface area contributed by atoms with Crippen molar-refractivity contribution in [1.29, 1.82) is 0 Å². The zero-order valence-electron chi connectivity index (χ0n) is 12.6. The van der Waals surface area contributed by atoms with Gasteiger partial charge >= 0.3 is 12.0 Å². The molecule has 1 aliphatic heterocycles. The molecule has 20 heavy (non-hydrogen) atoms. The van der Waals surface area contributed by atoms with Crippen LogP contribution in [0.1, 0.15) is 40.0 Å². The van der Waals surface area contributed by atoms with E-state index >= 15 is 0 Å². The van der Waals surface area contributed by atoms with E-state index in [0.717, 1.165) is 30.9 Å². The minimum absolute atomic E-state index is 0.0107. The predicted octanol–water partition coefficient (Wildman–Crippen LogP) is 2.41. The SMILES string of the molecule is CC(CCCC(C)C(=O)O)NC(=O)N1CCSCC1C. The number of rotatable bonds is 6. The fourth-order valence-electron chi connectivity index (χ4n) is 2.25. The zero-order chi connectivity index (χ0) is 15.1. The maximum Gasteiger partial charge on any atom is 0.317 e. The van der Waals surface area contributed by atoms with E-state index in [0.29, 0.717) is 6.42 Å². The molecule has 0 bridgehead atoms. The highest BCUT2D eigenvalue weighted by Gasteiger charge is 2.24. The van der Waals surface area contributed by atoms with E-state index < -0.39 is 5.97 Å². The lowest BCUT2D eigenvalue weighted by molar-refractivity contribution is -0.141. The molecule has 0 aliphatic carbocycles. The molecular weight excluding hydrogens is 276 g/mol. The van der Waals surface area contributed by atoms with Crippen LogP contribution in [0.15, 0.2) is 0 Å². The number of nitrogens with one attached hydrogen (secondary N) is 1. The summed E-state index contributed by atoms with van der Waals surface area (Å²) in [6.07, 6.45) is 2.30. The Hall–Kier alpha value is -0.910. The molecule has 0 saturated carbocycles. The van der Waals surface area contributed by atoms with Gasteiger partial charge in [0.05, 0.1) is 5.92 Å². The van der Waals surface area contributed by atoms with Crippen molar-refractivity contribution in [2.24, 2.45) is 5.92 Å². The van der Waals surface area contributed by atoms with Gasteiger partial charge in [0.15, 0.2) is 0 Å². The van der Waals surface area contributed by atoms with Gasteiger partial charge in [-0.15, -0.1) is 0 Å². The highest BCUT2D eigenvalue weighted by atomic mass is 32.2. The average molecular weight is 302 g/mol. The summed E-state index contributed by atoms with van der Waals surface area (Å²) in [4.78, 5) is 24.7. The number of hydrogen-bond acceptors (Lipinski definition) is 3. The lowest BCUT2D eigenvalue weighted by Gasteiger charge is -2.34. The van der Waals surface area contributed by atoms with Crippen molar-refractivity contribution in [1.82, 2.24) is 10.2 Å². The Morgan fingerprint density at radius 3 is 2.70 bits per heavy atom. The zero-order valence-corrected chi connectivity index (χ0v) is 13.4. The van der Waals surface area contributed by atoms with Crippen LogP contribution in [0.2, 0.25) is 0 Å². The molecule has 5 nitrogen and oxygen atoms in total. The molecule has 116 valence electrons. The van der Waals surface area contributed by atoms with Crippen molar-refractivity contribution in [3.8, 4) is 0 Å². The van der Waals surface area contributed by atoms with Crippen molar-refractivity contribution in [3.63, 3.8) is 0 Å². The second-order valence-electron chi connectivity index (χ2n) is 5.64. The van der Waals surface area contributed by atoms with Gasteiger partial charge < -0.3 is 15.3 Å². The molecule has 3 unspecified atom stereocenters. The molecule has 2 N–H and O–H groups in total. The van der Waals surface area contributed by atoms with Crippen LogP contribution >= 0.6 is 11.8 Å². The first kappa shape index (κ1) is 17.1. The summed E-state index contributed by atoms with van der Waals surface area (Å²) in [6.45, 7) is 6.58. The fraction of sp³-hybridized carbons (Fsp3) is 0.857. The van der Waals surface area contributed by atoms with E-state index in [4.69, 9.17) is 5.11 Å². The number of carbonyl (C=O) groups excluding carboxylic acids is 1. The van der Waals surface area contributed by atoms with E-state index in [2.05, 4.69) is 12.2 Å². The Morgan fingerprint density at radius 2 is 2.10 bits per heavy atom. The highest BCUT2D eigenvalue weighted by Crippen LogP contribution is 2.16. The first-order chi connectivity index (χ1) is 9.41. The standard InChI is InChI=1S/C14H26N2O3S/c1-10(13(17)18)5-4-6-11(2)15-14(19)16-7-8-20-9-12(16)3/h10-12H,4-9H2,1-3H3,(H,15,19)(H,17,18). The monoisotopic (exact) mass is 302 g/mol. The molecule has 1 fully saturated rings. The van der Waals surface area contributed by atoms with E-state index in [9.17, 15) is 9.59 Å². The van der Waals surface area contributed by atoms with Gasteiger partial charge in [-0.2, -0.15) is 11.8 Å². The van der Waals surface area contributed by atoms with Gasteiger partial charge in [0.1, 0.15) is 0 Å². The quantitative estimate of drug-likeness (QED) is 0.790. The van der Waals surface area contributed by atoms with Crippen LogP contribution in [-0.2, 0) is 4.79 Å². The number of nitrogens with zero attached hydrogens (tertiary/aromatic N) is 1. The molecule has 3 atom stereocenters. The van der Waals surface area contributed by atoms with Crippen LogP contribution in [0, 0.1) is 5.92 Å². The number of aliphatic carboxylic acids is 1. The second kappa shape index (κ2) is 8.39. The summed E-state index contributed by atoms with van der Waals surface area (Å²) >= 11 is 1.89. The lowest BCUT2D eigenvalue weighted by atomic mass is 10.0. The fourth-order valence-corrected chi connectivity index (χ4v) is 3.26. The molecule has 0 spiro atoms. The highest BCUT2D eigenvalue weighted by molar-refractivity contribution is 7.99. The molecule has 0 aromatic carbocycles. The van der Waals surface area contributed by atoms with Gasteiger partial charge in [0.2, 0.25) is 0 Å². The molecular formula is C14H26N2O3S. The minimum atomic E-state index is -0.749. The number of amides is 2. The van der Waals surface area contributed by atoms with Crippen molar-refractivity contribution < 1.29 is 14.7 Å². The molecule has 0 aromatic heterocycles. The topological polar surface area (TPSA) is 69.6 Å². The minimum Gasteiger partial charge on any atom is -0.481 e. The van der Waals surface area contributed by atoms with Crippen molar-refractivity contribution in [2.45, 2.75) is 52.1 Å². The number of hydrogen-bond donors (Lipinski definition) is 2. The first-order valence-corrected chi connectivity index (χ1v) is 8.45. The van der Waals surface area contributed by atoms with Gasteiger partial charge in [0.25, 0.3) is 0 Å². The molecule has 1 rings (SSSR count). The molecule has 0 radical (unpaired) electrons. The van der Waals surface area contributed by atoms with E-state index in [1.54, 1.807) is 6.92 Å². The summed E-state index contributed by atoms with van der Waals surface area (Å²) in [5.74, 6) is 0.943. The number of thioether (sulfide) groups is 1. The molecule has 1 saturated heterocycles. The van der Waals surface area contributed by atoms with Crippen LogP contribution in [-0.4, -0.2) is 52.1 Å². The molecule has 0 aromatic rings. The number of urea groups is 1. The number of carboxylic acids is 1. The van der Waals surface area contributed by atoms with Gasteiger partial charge in [-0.05, 0) is 26.7 Å². The smallest absolute Gasteiger partial charge is 0.317 e. The number of carboxylic acid groups (broad SMARTS) is 1. The second-order valence-corrected chi connectivity index (χ2v) is 6.79.